The second-order valence-electron chi connectivity index (χ2n) is 8.81. The maximum atomic E-state index is 12.7. The van der Waals surface area contributed by atoms with Gasteiger partial charge < -0.3 is 18.9 Å². The molecule has 0 radical (unpaired) electrons. The minimum absolute atomic E-state index is 0.0543. The highest BCUT2D eigenvalue weighted by Gasteiger charge is 2.27. The van der Waals surface area contributed by atoms with Crippen molar-refractivity contribution in [1.82, 2.24) is 5.43 Å². The van der Waals surface area contributed by atoms with Gasteiger partial charge in [-0.05, 0) is 48.0 Å². The highest BCUT2D eigenvalue weighted by Crippen LogP contribution is 2.40. The van der Waals surface area contributed by atoms with Crippen LogP contribution in [0.4, 0.5) is 11.4 Å². The average molecular weight is 615 g/mol. The molecule has 1 amide bonds. The van der Waals surface area contributed by atoms with Crippen molar-refractivity contribution in [3.8, 4) is 23.0 Å². The first-order chi connectivity index (χ1) is 21.7. The van der Waals surface area contributed by atoms with Gasteiger partial charge in [-0.15, -0.1) is 0 Å². The van der Waals surface area contributed by atoms with Crippen molar-refractivity contribution in [2.75, 3.05) is 13.7 Å². The number of carbonyl (C=O) groups is 3. The van der Waals surface area contributed by atoms with E-state index in [4.69, 9.17) is 18.9 Å². The van der Waals surface area contributed by atoms with Crippen molar-refractivity contribution < 1.29 is 43.2 Å². The van der Waals surface area contributed by atoms with Gasteiger partial charge in [0.05, 0.1) is 46.4 Å². The number of nitro benzene ring substituents is 2. The number of rotatable bonds is 12. The van der Waals surface area contributed by atoms with Crippen molar-refractivity contribution >= 4 is 35.4 Å². The van der Waals surface area contributed by atoms with Crippen molar-refractivity contribution in [2.24, 2.45) is 5.10 Å². The van der Waals surface area contributed by atoms with Crippen LogP contribution in [0.2, 0.25) is 0 Å². The lowest BCUT2D eigenvalue weighted by Crippen LogP contribution is -2.25. The molecule has 4 rings (SSSR count). The molecule has 45 heavy (non-hydrogen) atoms. The van der Waals surface area contributed by atoms with Crippen LogP contribution in [0.15, 0.2) is 96.1 Å². The number of nitro groups is 2. The number of ether oxygens (including phenoxy) is 4. The van der Waals surface area contributed by atoms with E-state index in [1.54, 1.807) is 60.7 Å². The molecule has 0 saturated carbocycles. The lowest BCUT2D eigenvalue weighted by atomic mass is 10.2. The molecule has 0 saturated heterocycles. The first kappa shape index (κ1) is 31.3. The Balaban J connectivity index is 1.48. The van der Waals surface area contributed by atoms with Gasteiger partial charge in [-0.2, -0.15) is 5.10 Å². The van der Waals surface area contributed by atoms with Crippen molar-refractivity contribution in [1.29, 1.82) is 0 Å². The molecule has 0 bridgehead atoms. The van der Waals surface area contributed by atoms with Gasteiger partial charge in [0.1, 0.15) is 0 Å². The number of nitrogens with one attached hydrogen (secondary N) is 1. The fraction of sp³-hybridized carbons (Fsp3) is 0.0667. The number of amides is 1. The Labute approximate surface area is 253 Å². The first-order valence-electron chi connectivity index (χ1n) is 12.8. The molecule has 4 aromatic carbocycles. The van der Waals surface area contributed by atoms with E-state index in [2.05, 4.69) is 10.5 Å². The van der Waals surface area contributed by atoms with Crippen molar-refractivity contribution in [2.45, 2.75) is 0 Å². The average Bonchev–Trinajstić information content (AvgIpc) is 3.05. The van der Waals surface area contributed by atoms with Crippen LogP contribution in [0.25, 0.3) is 0 Å². The van der Waals surface area contributed by atoms with Gasteiger partial charge in [0.15, 0.2) is 23.9 Å². The molecule has 0 atom stereocenters. The second-order valence-corrected chi connectivity index (χ2v) is 8.81. The van der Waals surface area contributed by atoms with Crippen molar-refractivity contribution in [3.63, 3.8) is 0 Å². The summed E-state index contributed by atoms with van der Waals surface area (Å²) in [5, 5.41) is 26.3. The number of carbonyl (C=O) groups excluding carboxylic acids is 3. The van der Waals surface area contributed by atoms with Gasteiger partial charge in [0.25, 0.3) is 11.6 Å². The molecule has 228 valence electrons. The van der Waals surface area contributed by atoms with E-state index in [1.807, 2.05) is 0 Å². The number of hydrogen-bond donors (Lipinski definition) is 1. The third kappa shape index (κ3) is 8.23. The van der Waals surface area contributed by atoms with Crippen LogP contribution in [0, 0.1) is 20.2 Å². The number of esters is 2. The molecule has 0 aliphatic carbocycles. The fourth-order valence-corrected chi connectivity index (χ4v) is 3.69. The Morgan fingerprint density at radius 2 is 1.38 bits per heavy atom. The lowest BCUT2D eigenvalue weighted by Gasteiger charge is -2.12. The Morgan fingerprint density at radius 1 is 0.778 bits per heavy atom. The molecule has 0 aliphatic rings. The van der Waals surface area contributed by atoms with Crippen LogP contribution < -0.4 is 24.4 Å². The summed E-state index contributed by atoms with van der Waals surface area (Å²) < 4.78 is 21.2. The van der Waals surface area contributed by atoms with Crippen LogP contribution in [-0.4, -0.2) is 47.6 Å². The summed E-state index contributed by atoms with van der Waals surface area (Å²) in [5.41, 5.74) is 1.62. The molecule has 0 spiro atoms. The molecule has 0 aliphatic heterocycles. The number of non-ortho nitro benzene ring substituents is 1. The van der Waals surface area contributed by atoms with E-state index < -0.39 is 51.4 Å². The highest BCUT2D eigenvalue weighted by molar-refractivity contribution is 5.94. The molecule has 0 aromatic heterocycles. The van der Waals surface area contributed by atoms with E-state index in [-0.39, 0.29) is 28.4 Å². The quantitative estimate of drug-likeness (QED) is 0.0776. The Kier molecular flexibility index (Phi) is 10.1. The Bertz CT molecular complexity index is 1780. The summed E-state index contributed by atoms with van der Waals surface area (Å²) in [6.07, 6.45) is 1.19. The molecular weight excluding hydrogens is 592 g/mol. The Hall–Kier alpha value is -6.64. The summed E-state index contributed by atoms with van der Waals surface area (Å²) >= 11 is 0. The van der Waals surface area contributed by atoms with Gasteiger partial charge >= 0.3 is 17.6 Å². The van der Waals surface area contributed by atoms with E-state index in [0.717, 1.165) is 13.2 Å². The Morgan fingerprint density at radius 3 is 1.93 bits per heavy atom. The summed E-state index contributed by atoms with van der Waals surface area (Å²) in [6, 6.07) is 22.1. The zero-order chi connectivity index (χ0) is 32.3. The standard InChI is InChI=1S/C30H22N4O11/c1-42-26-16-22(33(38)39)15-23(34(40)41)28(26)43-18-27(35)32-31-17-19-12-13-24(44-29(36)20-8-4-2-5-9-20)25(14-19)45-30(37)21-10-6-3-7-11-21/h2-17H,18H2,1H3,(H,32,35)/b31-17-. The molecular formula is C30H22N4O11. The maximum Gasteiger partial charge on any atom is 0.343 e. The van der Waals surface area contributed by atoms with Crippen LogP contribution in [-0.2, 0) is 4.79 Å². The molecule has 0 fully saturated rings. The van der Waals surface area contributed by atoms with Crippen LogP contribution >= 0.6 is 0 Å². The topological polar surface area (TPSA) is 199 Å². The van der Waals surface area contributed by atoms with Crippen LogP contribution in [0.5, 0.6) is 23.0 Å². The predicted molar refractivity (Wildman–Crippen MR) is 157 cm³/mol. The van der Waals surface area contributed by atoms with E-state index in [0.29, 0.717) is 11.6 Å². The van der Waals surface area contributed by atoms with E-state index in [1.165, 1.54) is 24.4 Å². The van der Waals surface area contributed by atoms with Gasteiger partial charge in [-0.25, -0.2) is 15.0 Å². The monoisotopic (exact) mass is 614 g/mol. The molecule has 0 unspecified atom stereocenters. The minimum Gasteiger partial charge on any atom is -0.492 e. The summed E-state index contributed by atoms with van der Waals surface area (Å²) in [4.78, 5) is 58.5. The maximum absolute atomic E-state index is 12.7. The molecule has 15 nitrogen and oxygen atoms in total. The van der Waals surface area contributed by atoms with Gasteiger partial charge in [0, 0.05) is 0 Å². The minimum atomic E-state index is -0.913. The SMILES string of the molecule is COc1cc([N+](=O)[O-])cc([N+](=O)[O-])c1OCC(=O)N/N=C\c1ccc(OC(=O)c2ccccc2)c(OC(=O)c2ccccc2)c1. The van der Waals surface area contributed by atoms with E-state index in [9.17, 15) is 34.6 Å². The molecule has 15 heteroatoms. The second kappa shape index (κ2) is 14.5. The van der Waals surface area contributed by atoms with Crippen LogP contribution in [0.3, 0.4) is 0 Å². The van der Waals surface area contributed by atoms with Crippen LogP contribution in [0.1, 0.15) is 26.3 Å². The summed E-state index contributed by atoms with van der Waals surface area (Å²) in [7, 11) is 1.12. The molecule has 4 aromatic rings. The number of nitrogens with zero attached hydrogens (tertiary/aromatic N) is 3. The summed E-state index contributed by atoms with van der Waals surface area (Å²) in [6.45, 7) is -0.763. The third-order valence-electron chi connectivity index (χ3n) is 5.79. The van der Waals surface area contributed by atoms with E-state index >= 15 is 0 Å². The van der Waals surface area contributed by atoms with Gasteiger partial charge in [-0.3, -0.25) is 25.0 Å². The number of hydrazone groups is 1. The normalized spacial score (nSPS) is 10.5. The zero-order valence-corrected chi connectivity index (χ0v) is 23.3. The number of benzene rings is 4. The van der Waals surface area contributed by atoms with Crippen molar-refractivity contribution in [3.05, 3.63) is 128 Å². The van der Waals surface area contributed by atoms with Gasteiger partial charge in [-0.1, -0.05) is 36.4 Å². The summed E-state index contributed by atoms with van der Waals surface area (Å²) in [5.74, 6) is -3.22. The smallest absolute Gasteiger partial charge is 0.343 e. The zero-order valence-electron chi connectivity index (χ0n) is 23.3. The number of methoxy groups -OCH3 is 1. The third-order valence-corrected chi connectivity index (χ3v) is 5.79. The fourth-order valence-electron chi connectivity index (χ4n) is 3.69. The molecule has 0 heterocycles. The van der Waals surface area contributed by atoms with Gasteiger partial charge in [0.2, 0.25) is 5.75 Å². The lowest BCUT2D eigenvalue weighted by molar-refractivity contribution is -0.394. The highest BCUT2D eigenvalue weighted by atomic mass is 16.6. The number of hydrogen-bond acceptors (Lipinski definition) is 12. The largest absolute Gasteiger partial charge is 0.492 e. The first-order valence-corrected chi connectivity index (χ1v) is 12.8. The predicted octanol–water partition coefficient (Wildman–Crippen LogP) is 4.48. The molecule has 1 N–H and O–H groups in total.